The van der Waals surface area contributed by atoms with E-state index in [-0.39, 0.29) is 37.2 Å². The van der Waals surface area contributed by atoms with Crippen LogP contribution in [-0.2, 0) is 24.4 Å². The van der Waals surface area contributed by atoms with E-state index in [0.29, 0.717) is 16.8 Å². The van der Waals surface area contributed by atoms with E-state index in [4.69, 9.17) is 4.74 Å². The smallest absolute Gasteiger partial charge is 0.331 e. The number of nitrogens with one attached hydrogen (secondary N) is 1. The zero-order valence-electron chi connectivity index (χ0n) is 16.7. The molecule has 2 heterocycles. The molecule has 2 aromatic heterocycles. The number of fused-ring (bicyclic) bond motifs is 1. The van der Waals surface area contributed by atoms with Gasteiger partial charge in [-0.05, 0) is 38.5 Å². The zero-order chi connectivity index (χ0) is 21.0. The van der Waals surface area contributed by atoms with Crippen LogP contribution in [0.5, 0.6) is 5.88 Å². The molecule has 0 aliphatic carbocycles. The average molecular weight is 396 g/mol. The number of rotatable bonds is 7. The van der Waals surface area contributed by atoms with Crippen molar-refractivity contribution in [3.63, 3.8) is 0 Å². The average Bonchev–Trinajstić information content (AvgIpc) is 2.70. The normalized spacial score (nSPS) is 11.0. The molecule has 0 spiro atoms. The van der Waals surface area contributed by atoms with E-state index >= 15 is 0 Å². The summed E-state index contributed by atoms with van der Waals surface area (Å²) in [7, 11) is 0. The fourth-order valence-electron chi connectivity index (χ4n) is 3.03. The number of benzene rings is 1. The Hall–Kier alpha value is -3.42. The lowest BCUT2D eigenvalue weighted by Crippen LogP contribution is -2.42. The van der Waals surface area contributed by atoms with Crippen LogP contribution < -0.4 is 21.3 Å². The van der Waals surface area contributed by atoms with E-state index in [2.05, 4.69) is 10.3 Å². The molecule has 1 aromatic carbocycles. The van der Waals surface area contributed by atoms with E-state index < -0.39 is 5.69 Å². The summed E-state index contributed by atoms with van der Waals surface area (Å²) < 4.78 is 7.95. The Labute approximate surface area is 167 Å². The molecule has 8 heteroatoms. The number of amides is 1. The molecule has 3 rings (SSSR count). The van der Waals surface area contributed by atoms with Gasteiger partial charge in [0.25, 0.3) is 5.56 Å². The topological polar surface area (TPSA) is 95.2 Å². The third-order valence-electron chi connectivity index (χ3n) is 4.39. The van der Waals surface area contributed by atoms with Crippen LogP contribution in [0, 0.1) is 0 Å². The van der Waals surface area contributed by atoms with Crippen molar-refractivity contribution in [2.75, 3.05) is 0 Å². The number of hydrogen-bond acceptors (Lipinski definition) is 5. The first-order valence-electron chi connectivity index (χ1n) is 9.51. The summed E-state index contributed by atoms with van der Waals surface area (Å²) in [6.45, 7) is 5.89. The molecule has 0 bridgehead atoms. The third-order valence-corrected chi connectivity index (χ3v) is 4.39. The van der Waals surface area contributed by atoms with E-state index in [9.17, 15) is 14.4 Å². The molecule has 0 fully saturated rings. The Balaban J connectivity index is 1.77. The number of para-hydroxylation sites is 1. The maximum atomic E-state index is 12.7. The van der Waals surface area contributed by atoms with Crippen LogP contribution in [0.1, 0.15) is 26.3 Å². The lowest BCUT2D eigenvalue weighted by Gasteiger charge is -2.13. The number of aromatic nitrogens is 3. The summed E-state index contributed by atoms with van der Waals surface area (Å²) in [5, 5.41) is 3.19. The first kappa shape index (κ1) is 20.3. The predicted octanol–water partition coefficient (Wildman–Crippen LogP) is 1.68. The van der Waals surface area contributed by atoms with Gasteiger partial charge in [-0.1, -0.05) is 18.2 Å². The largest absolute Gasteiger partial charge is 0.475 e. The van der Waals surface area contributed by atoms with Crippen molar-refractivity contribution in [1.29, 1.82) is 0 Å². The van der Waals surface area contributed by atoms with Crippen LogP contribution in [-0.4, -0.2) is 26.1 Å². The van der Waals surface area contributed by atoms with E-state index in [0.717, 1.165) is 10.1 Å². The van der Waals surface area contributed by atoms with Gasteiger partial charge in [0.15, 0.2) is 0 Å². The molecule has 152 valence electrons. The van der Waals surface area contributed by atoms with E-state index in [1.807, 2.05) is 19.9 Å². The fraction of sp³-hybridized carbons (Fsp3) is 0.333. The lowest BCUT2D eigenvalue weighted by molar-refractivity contribution is -0.121. The monoisotopic (exact) mass is 396 g/mol. The summed E-state index contributed by atoms with van der Waals surface area (Å²) >= 11 is 0. The van der Waals surface area contributed by atoms with Crippen molar-refractivity contribution in [3.8, 4) is 5.88 Å². The number of carbonyl (C=O) groups is 1. The van der Waals surface area contributed by atoms with Gasteiger partial charge >= 0.3 is 5.69 Å². The summed E-state index contributed by atoms with van der Waals surface area (Å²) in [4.78, 5) is 41.8. The Kier molecular flexibility index (Phi) is 6.11. The minimum Gasteiger partial charge on any atom is -0.475 e. The lowest BCUT2D eigenvalue weighted by atomic mass is 10.2. The van der Waals surface area contributed by atoms with Crippen molar-refractivity contribution in [2.24, 2.45) is 0 Å². The van der Waals surface area contributed by atoms with Crippen LogP contribution in [0.4, 0.5) is 0 Å². The van der Waals surface area contributed by atoms with Crippen LogP contribution in [0.2, 0.25) is 0 Å². The van der Waals surface area contributed by atoms with Crippen LogP contribution in [0.3, 0.4) is 0 Å². The van der Waals surface area contributed by atoms with Crippen LogP contribution in [0.25, 0.3) is 10.9 Å². The zero-order valence-corrected chi connectivity index (χ0v) is 16.7. The number of nitrogens with zero attached hydrogens (tertiary/aromatic N) is 3. The maximum absolute atomic E-state index is 12.7. The molecule has 1 amide bonds. The SMILES string of the molecule is CCn1c(=O)c2ccccc2n(CC(=O)NCc2ccc(OC(C)C)nc2)c1=O. The highest BCUT2D eigenvalue weighted by Gasteiger charge is 2.14. The second kappa shape index (κ2) is 8.72. The highest BCUT2D eigenvalue weighted by Crippen LogP contribution is 2.10. The van der Waals surface area contributed by atoms with Crippen molar-refractivity contribution in [1.82, 2.24) is 19.4 Å². The standard InChI is InChI=1S/C21H24N4O4/c1-4-24-20(27)16-7-5-6-8-17(16)25(21(24)28)13-18(26)22-11-15-9-10-19(23-12-15)29-14(2)3/h5-10,12,14H,4,11,13H2,1-3H3,(H,22,26). The van der Waals surface area contributed by atoms with Gasteiger partial charge in [-0.25, -0.2) is 9.78 Å². The van der Waals surface area contributed by atoms with Gasteiger partial charge in [-0.2, -0.15) is 0 Å². The van der Waals surface area contributed by atoms with Gasteiger partial charge in [0.05, 0.1) is 17.0 Å². The molecule has 29 heavy (non-hydrogen) atoms. The molecule has 0 saturated carbocycles. The quantitative estimate of drug-likeness (QED) is 0.656. The molecule has 3 aromatic rings. The summed E-state index contributed by atoms with van der Waals surface area (Å²) in [5.74, 6) is 0.191. The molecule has 1 N–H and O–H groups in total. The minimum atomic E-state index is -0.497. The van der Waals surface area contributed by atoms with E-state index in [1.54, 1.807) is 43.5 Å². The Morgan fingerprint density at radius 3 is 2.55 bits per heavy atom. The molecule has 0 atom stereocenters. The summed E-state index contributed by atoms with van der Waals surface area (Å²) in [6, 6.07) is 10.4. The molecular formula is C21H24N4O4. The Morgan fingerprint density at radius 1 is 1.14 bits per heavy atom. The molecule has 0 saturated heterocycles. The number of pyridine rings is 1. The maximum Gasteiger partial charge on any atom is 0.331 e. The summed E-state index contributed by atoms with van der Waals surface area (Å²) in [6.07, 6.45) is 1.67. The number of ether oxygens (including phenoxy) is 1. The van der Waals surface area contributed by atoms with Crippen LogP contribution in [0.15, 0.2) is 52.2 Å². The second-order valence-corrected chi connectivity index (χ2v) is 6.88. The van der Waals surface area contributed by atoms with Crippen LogP contribution >= 0.6 is 0 Å². The fourth-order valence-corrected chi connectivity index (χ4v) is 3.03. The van der Waals surface area contributed by atoms with Gasteiger partial charge in [0.2, 0.25) is 11.8 Å². The first-order valence-corrected chi connectivity index (χ1v) is 9.51. The van der Waals surface area contributed by atoms with E-state index in [1.165, 1.54) is 4.57 Å². The number of hydrogen-bond donors (Lipinski definition) is 1. The molecule has 0 aliphatic heterocycles. The molecule has 0 unspecified atom stereocenters. The van der Waals surface area contributed by atoms with Gasteiger partial charge in [-0.3, -0.25) is 18.7 Å². The van der Waals surface area contributed by atoms with Crippen molar-refractivity contribution in [3.05, 3.63) is 69.0 Å². The second-order valence-electron chi connectivity index (χ2n) is 6.88. The molecular weight excluding hydrogens is 372 g/mol. The van der Waals surface area contributed by atoms with Gasteiger partial charge in [0, 0.05) is 25.4 Å². The first-order chi connectivity index (χ1) is 13.9. The van der Waals surface area contributed by atoms with Gasteiger partial charge in [0.1, 0.15) is 6.54 Å². The van der Waals surface area contributed by atoms with Gasteiger partial charge in [-0.15, -0.1) is 0 Å². The molecule has 0 radical (unpaired) electrons. The molecule has 8 nitrogen and oxygen atoms in total. The number of carbonyl (C=O) groups excluding carboxylic acids is 1. The van der Waals surface area contributed by atoms with Crippen molar-refractivity contribution >= 4 is 16.8 Å². The van der Waals surface area contributed by atoms with Gasteiger partial charge < -0.3 is 10.1 Å². The predicted molar refractivity (Wildman–Crippen MR) is 110 cm³/mol. The molecule has 0 aliphatic rings. The minimum absolute atomic E-state index is 0.0348. The summed E-state index contributed by atoms with van der Waals surface area (Å²) in [5.41, 5.74) is 0.409. The highest BCUT2D eigenvalue weighted by atomic mass is 16.5. The highest BCUT2D eigenvalue weighted by molar-refractivity contribution is 5.81. The third kappa shape index (κ3) is 4.53. The van der Waals surface area contributed by atoms with Crippen molar-refractivity contribution in [2.45, 2.75) is 46.5 Å². The Morgan fingerprint density at radius 2 is 1.90 bits per heavy atom. The van der Waals surface area contributed by atoms with Crippen molar-refractivity contribution < 1.29 is 9.53 Å². The Bertz CT molecular complexity index is 1130.